The summed E-state index contributed by atoms with van der Waals surface area (Å²) in [4.78, 5) is 28.6. The van der Waals surface area contributed by atoms with E-state index < -0.39 is 24.2 Å². The van der Waals surface area contributed by atoms with Crippen LogP contribution in [0.1, 0.15) is 24.0 Å². The number of hydrogen-bond acceptors (Lipinski definition) is 8. The van der Waals surface area contributed by atoms with Gasteiger partial charge in [0.1, 0.15) is 12.2 Å². The van der Waals surface area contributed by atoms with Crippen LogP contribution in [0.3, 0.4) is 0 Å². The van der Waals surface area contributed by atoms with Crippen molar-refractivity contribution in [2.45, 2.75) is 44.2 Å². The van der Waals surface area contributed by atoms with Crippen LogP contribution >= 0.6 is 34.2 Å². The van der Waals surface area contributed by atoms with Gasteiger partial charge in [-0.1, -0.05) is 23.7 Å². The predicted octanol–water partition coefficient (Wildman–Crippen LogP) is 2.43. The van der Waals surface area contributed by atoms with Crippen molar-refractivity contribution < 1.29 is 39.1 Å². The number of benzene rings is 2. The normalized spacial score (nSPS) is 22.1. The Balaban J connectivity index is 1.72. The van der Waals surface area contributed by atoms with Gasteiger partial charge in [0.15, 0.2) is 11.5 Å². The summed E-state index contributed by atoms with van der Waals surface area (Å²) in [6.07, 6.45) is -0.0479. The Morgan fingerprint density at radius 3 is 2.59 bits per heavy atom. The first-order chi connectivity index (χ1) is 19.7. The van der Waals surface area contributed by atoms with Crippen molar-refractivity contribution in [3.8, 4) is 11.5 Å². The van der Waals surface area contributed by atoms with Crippen molar-refractivity contribution >= 4 is 46.0 Å². The average molecular weight is 701 g/mol. The van der Waals surface area contributed by atoms with E-state index in [9.17, 15) is 24.9 Å². The van der Waals surface area contributed by atoms with Gasteiger partial charge in [-0.2, -0.15) is 0 Å². The van der Waals surface area contributed by atoms with E-state index in [1.54, 1.807) is 35.2 Å². The molecule has 1 saturated heterocycles. The predicted molar refractivity (Wildman–Crippen MR) is 160 cm³/mol. The molecule has 0 spiro atoms. The first kappa shape index (κ1) is 31.5. The third kappa shape index (κ3) is 7.70. The highest BCUT2D eigenvalue weighted by atomic mass is 127. The Morgan fingerprint density at radius 1 is 1.20 bits per heavy atom. The fraction of sp³-hybridized carbons (Fsp3) is 0.448. The maximum absolute atomic E-state index is 13.9. The second-order valence-electron chi connectivity index (χ2n) is 9.94. The van der Waals surface area contributed by atoms with Crippen molar-refractivity contribution in [2.75, 3.05) is 33.5 Å². The second kappa shape index (κ2) is 14.7. The number of halogens is 2. The van der Waals surface area contributed by atoms with E-state index in [1.165, 1.54) is 7.11 Å². The number of carbonyl (C=O) groups excluding carboxylic acids is 2. The summed E-state index contributed by atoms with van der Waals surface area (Å²) in [6, 6.07) is 9.66. The van der Waals surface area contributed by atoms with Gasteiger partial charge in [0.25, 0.3) is 0 Å². The van der Waals surface area contributed by atoms with Crippen LogP contribution in [0.2, 0.25) is 5.02 Å². The molecule has 0 bridgehead atoms. The fourth-order valence-electron chi connectivity index (χ4n) is 5.00. The van der Waals surface area contributed by atoms with Gasteiger partial charge in [0.05, 0.1) is 42.5 Å². The maximum Gasteiger partial charge on any atom is 0.247 e. The highest BCUT2D eigenvalue weighted by Crippen LogP contribution is 2.37. The molecule has 0 saturated carbocycles. The third-order valence-electron chi connectivity index (χ3n) is 7.17. The molecule has 1 fully saturated rings. The zero-order valence-electron chi connectivity index (χ0n) is 22.6. The van der Waals surface area contributed by atoms with Crippen LogP contribution in [-0.2, 0) is 27.5 Å². The SMILES string of the molecule is COc1cc(CO)cc(I)c1O[C@H]1C=C(C(=O)NCCO)C[C@@H](N(Cc2ccc(Cl)cc2)C(=O)C2CCOC2)[C@@H]1O. The summed E-state index contributed by atoms with van der Waals surface area (Å²) in [6.45, 7) is 0.559. The Kier molecular flexibility index (Phi) is 11.3. The molecule has 0 aromatic heterocycles. The van der Waals surface area contributed by atoms with Crippen LogP contribution < -0.4 is 14.8 Å². The van der Waals surface area contributed by atoms with Crippen LogP contribution in [0.4, 0.5) is 0 Å². The van der Waals surface area contributed by atoms with Gasteiger partial charge in [-0.05, 0) is 70.5 Å². The number of methoxy groups -OCH3 is 1. The summed E-state index contributed by atoms with van der Waals surface area (Å²) < 4.78 is 17.9. The zero-order valence-corrected chi connectivity index (χ0v) is 25.5. The Labute approximate surface area is 257 Å². The molecule has 1 aliphatic heterocycles. The van der Waals surface area contributed by atoms with E-state index in [1.807, 2.05) is 12.1 Å². The molecule has 4 N–H and O–H groups in total. The Bertz CT molecular complexity index is 1250. The monoisotopic (exact) mass is 700 g/mol. The molecule has 0 radical (unpaired) electrons. The first-order valence-electron chi connectivity index (χ1n) is 13.3. The maximum atomic E-state index is 13.9. The quantitative estimate of drug-likeness (QED) is 0.263. The second-order valence-corrected chi connectivity index (χ2v) is 11.5. The van der Waals surface area contributed by atoms with Crippen LogP contribution in [0, 0.1) is 9.49 Å². The molecular weight excluding hydrogens is 667 g/mol. The number of hydrogen-bond donors (Lipinski definition) is 4. The lowest BCUT2D eigenvalue weighted by atomic mass is 9.87. The van der Waals surface area contributed by atoms with Crippen LogP contribution in [0.15, 0.2) is 48.0 Å². The van der Waals surface area contributed by atoms with Gasteiger partial charge < -0.3 is 39.7 Å². The fourth-order valence-corrected chi connectivity index (χ4v) is 5.92. The van der Waals surface area contributed by atoms with E-state index in [-0.39, 0.29) is 51.2 Å². The lowest BCUT2D eigenvalue weighted by Crippen LogP contribution is -2.56. The van der Waals surface area contributed by atoms with Crippen molar-refractivity contribution in [3.63, 3.8) is 0 Å². The number of nitrogens with zero attached hydrogens (tertiary/aromatic N) is 1. The number of carbonyl (C=O) groups is 2. The van der Waals surface area contributed by atoms with Crippen LogP contribution in [0.25, 0.3) is 0 Å². The number of rotatable bonds is 11. The largest absolute Gasteiger partial charge is 0.493 e. The molecule has 1 aliphatic carbocycles. The molecule has 222 valence electrons. The summed E-state index contributed by atoms with van der Waals surface area (Å²) in [5.74, 6) is -0.298. The van der Waals surface area contributed by atoms with E-state index >= 15 is 0 Å². The molecular formula is C29H34ClIN2O8. The molecule has 2 amide bonds. The molecule has 2 aromatic rings. The minimum Gasteiger partial charge on any atom is -0.493 e. The van der Waals surface area contributed by atoms with Crippen molar-refractivity contribution in [1.29, 1.82) is 0 Å². The van der Waals surface area contributed by atoms with Gasteiger partial charge in [0, 0.05) is 36.7 Å². The average Bonchev–Trinajstić information content (AvgIpc) is 3.52. The van der Waals surface area contributed by atoms with Crippen molar-refractivity contribution in [1.82, 2.24) is 10.2 Å². The van der Waals surface area contributed by atoms with Gasteiger partial charge in [-0.25, -0.2) is 0 Å². The summed E-state index contributed by atoms with van der Waals surface area (Å²) in [5, 5.41) is 33.8. The standard InChI is InChI=1S/C29H34ClIN2O8/c1-39-25-11-18(15-35)10-22(31)27(25)41-24-13-20(28(37)32-7-8-34)12-23(26(24)36)33(29(38)19-6-9-40-16-19)14-17-2-4-21(30)5-3-17/h2-5,10-11,13,19,23-24,26,34-36H,6-9,12,14-16H2,1H3,(H,32,37)/t19?,23-,24+,26+/m1/s1. The van der Waals surface area contributed by atoms with E-state index in [0.29, 0.717) is 44.3 Å². The Hall–Kier alpha value is -2.42. The molecule has 1 heterocycles. The van der Waals surface area contributed by atoms with Gasteiger partial charge in [0.2, 0.25) is 11.8 Å². The molecule has 1 unspecified atom stereocenters. The number of amides is 2. The smallest absolute Gasteiger partial charge is 0.247 e. The number of aliphatic hydroxyl groups is 3. The molecule has 12 heteroatoms. The van der Waals surface area contributed by atoms with E-state index in [2.05, 4.69) is 27.9 Å². The topological polar surface area (TPSA) is 138 Å². The van der Waals surface area contributed by atoms with E-state index in [0.717, 1.165) is 5.56 Å². The van der Waals surface area contributed by atoms with Crippen LogP contribution in [0.5, 0.6) is 11.5 Å². The molecule has 4 rings (SSSR count). The number of nitrogens with one attached hydrogen (secondary N) is 1. The zero-order chi connectivity index (χ0) is 29.5. The minimum atomic E-state index is -1.21. The van der Waals surface area contributed by atoms with Gasteiger partial charge in [-0.3, -0.25) is 9.59 Å². The lowest BCUT2D eigenvalue weighted by Gasteiger charge is -2.41. The Morgan fingerprint density at radius 2 is 1.95 bits per heavy atom. The van der Waals surface area contributed by atoms with Gasteiger partial charge in [-0.15, -0.1) is 0 Å². The molecule has 41 heavy (non-hydrogen) atoms. The van der Waals surface area contributed by atoms with Crippen LogP contribution in [-0.4, -0.2) is 83.8 Å². The molecule has 2 aromatic carbocycles. The van der Waals surface area contributed by atoms with E-state index in [4.69, 9.17) is 25.8 Å². The number of ether oxygens (including phenoxy) is 3. The third-order valence-corrected chi connectivity index (χ3v) is 8.22. The molecule has 10 nitrogen and oxygen atoms in total. The van der Waals surface area contributed by atoms with Crippen molar-refractivity contribution in [3.05, 3.63) is 67.8 Å². The summed E-state index contributed by atoms with van der Waals surface area (Å²) >= 11 is 8.14. The van der Waals surface area contributed by atoms with Crippen molar-refractivity contribution in [2.24, 2.45) is 5.92 Å². The highest BCUT2D eigenvalue weighted by molar-refractivity contribution is 14.1. The van der Waals surface area contributed by atoms with Gasteiger partial charge >= 0.3 is 0 Å². The first-order valence-corrected chi connectivity index (χ1v) is 14.8. The number of aliphatic hydroxyl groups excluding tert-OH is 3. The molecule has 4 atom stereocenters. The minimum absolute atomic E-state index is 0.0517. The summed E-state index contributed by atoms with van der Waals surface area (Å²) in [5.41, 5.74) is 1.75. The summed E-state index contributed by atoms with van der Waals surface area (Å²) in [7, 11) is 1.47. The lowest BCUT2D eigenvalue weighted by molar-refractivity contribution is -0.143. The highest BCUT2D eigenvalue weighted by Gasteiger charge is 2.42. The molecule has 2 aliphatic rings.